The quantitative estimate of drug-likeness (QED) is 0.447. The summed E-state index contributed by atoms with van der Waals surface area (Å²) in [6.45, 7) is 17.7. The van der Waals surface area contributed by atoms with Gasteiger partial charge in [0.25, 0.3) is 0 Å². The van der Waals surface area contributed by atoms with E-state index in [1.54, 1.807) is 0 Å². The van der Waals surface area contributed by atoms with Gasteiger partial charge in [0.1, 0.15) is 16.1 Å². The van der Waals surface area contributed by atoms with Crippen LogP contribution in [0.1, 0.15) is 13.8 Å². The fraction of sp³-hybridized carbons (Fsp3) is 0.571. The molecule has 0 rings (SSSR count). The third-order valence-electron chi connectivity index (χ3n) is 1.62. The molecule has 0 aromatic rings. The Kier molecular flexibility index (Phi) is 5.33. The highest BCUT2D eigenvalue weighted by molar-refractivity contribution is 6.84. The van der Waals surface area contributed by atoms with Crippen molar-refractivity contribution in [2.45, 2.75) is 53.1 Å². The van der Waals surface area contributed by atoms with Gasteiger partial charge in [0, 0.05) is 0 Å². The first-order valence-electron chi connectivity index (χ1n) is 5.75. The number of rotatable bonds is 0. The first-order valence-corrected chi connectivity index (χ1v) is 12.8. The summed E-state index contributed by atoms with van der Waals surface area (Å²) in [6, 6.07) is 0. The summed E-state index contributed by atoms with van der Waals surface area (Å²) in [6.07, 6.45) is 0. The van der Waals surface area contributed by atoms with Crippen molar-refractivity contribution in [3.8, 4) is 22.9 Å². The minimum atomic E-state index is -1.29. The highest BCUT2D eigenvalue weighted by Crippen LogP contribution is 2.05. The van der Waals surface area contributed by atoms with Crippen LogP contribution >= 0.6 is 0 Å². The molecular weight excluding hydrogens is 224 g/mol. The minimum absolute atomic E-state index is 1.03. The van der Waals surface area contributed by atoms with E-state index in [4.69, 9.17) is 0 Å². The smallest absolute Gasteiger partial charge is 0.126 e. The van der Waals surface area contributed by atoms with Gasteiger partial charge >= 0.3 is 0 Å². The van der Waals surface area contributed by atoms with Crippen molar-refractivity contribution < 1.29 is 0 Å². The van der Waals surface area contributed by atoms with E-state index < -0.39 is 16.1 Å². The standard InChI is InChI=1S/C14H24Si2/c1-13(2)14(9-11-15(3,4)5)10-12-16(6,7)8/h1-8H3. The van der Waals surface area contributed by atoms with Crippen molar-refractivity contribution in [2.75, 3.05) is 0 Å². The molecule has 0 saturated carbocycles. The van der Waals surface area contributed by atoms with Crippen LogP contribution in [-0.4, -0.2) is 16.1 Å². The number of hydrogen-bond donors (Lipinski definition) is 0. The third-order valence-corrected chi connectivity index (χ3v) is 3.38. The summed E-state index contributed by atoms with van der Waals surface area (Å²) < 4.78 is 0. The third kappa shape index (κ3) is 8.59. The van der Waals surface area contributed by atoms with Gasteiger partial charge in [0.2, 0.25) is 0 Å². The van der Waals surface area contributed by atoms with Crippen molar-refractivity contribution in [2.24, 2.45) is 0 Å². The van der Waals surface area contributed by atoms with Crippen LogP contribution in [0, 0.1) is 22.9 Å². The molecule has 16 heavy (non-hydrogen) atoms. The molecule has 0 aliphatic carbocycles. The molecule has 0 bridgehead atoms. The Morgan fingerprint density at radius 2 is 1.00 bits per heavy atom. The molecule has 0 saturated heterocycles. The van der Waals surface area contributed by atoms with Gasteiger partial charge in [-0.25, -0.2) is 0 Å². The van der Waals surface area contributed by atoms with Gasteiger partial charge < -0.3 is 0 Å². The van der Waals surface area contributed by atoms with Gasteiger partial charge in [0.05, 0.1) is 5.57 Å². The van der Waals surface area contributed by atoms with E-state index in [1.165, 1.54) is 5.57 Å². The van der Waals surface area contributed by atoms with Gasteiger partial charge in [-0.1, -0.05) is 56.7 Å². The Balaban J connectivity index is 5.15. The largest absolute Gasteiger partial charge is 0.129 e. The lowest BCUT2D eigenvalue weighted by atomic mass is 10.2. The van der Waals surface area contributed by atoms with Crippen LogP contribution in [0.2, 0.25) is 39.3 Å². The van der Waals surface area contributed by atoms with Gasteiger partial charge in [0.15, 0.2) is 0 Å². The van der Waals surface area contributed by atoms with Crippen LogP contribution in [0.15, 0.2) is 11.1 Å². The predicted octanol–water partition coefficient (Wildman–Crippen LogP) is 4.08. The molecule has 0 amide bonds. The fourth-order valence-electron chi connectivity index (χ4n) is 0.781. The summed E-state index contributed by atoms with van der Waals surface area (Å²) in [4.78, 5) is 0. The van der Waals surface area contributed by atoms with E-state index in [0.29, 0.717) is 0 Å². The molecule has 0 aromatic carbocycles. The molecule has 2 heteroatoms. The number of allylic oxidation sites excluding steroid dienone is 2. The van der Waals surface area contributed by atoms with Crippen molar-refractivity contribution in [3.63, 3.8) is 0 Å². The Hall–Kier alpha value is -0.706. The van der Waals surface area contributed by atoms with E-state index in [9.17, 15) is 0 Å². The first kappa shape index (κ1) is 15.3. The van der Waals surface area contributed by atoms with Crippen LogP contribution in [-0.2, 0) is 0 Å². The highest BCUT2D eigenvalue weighted by Gasteiger charge is 2.09. The maximum atomic E-state index is 3.38. The van der Waals surface area contributed by atoms with Gasteiger partial charge in [-0.2, -0.15) is 0 Å². The van der Waals surface area contributed by atoms with Crippen LogP contribution in [0.3, 0.4) is 0 Å². The summed E-state index contributed by atoms with van der Waals surface area (Å²) in [5, 5.41) is 0. The Morgan fingerprint density at radius 1 is 0.688 bits per heavy atom. The molecule has 0 spiro atoms. The lowest BCUT2D eigenvalue weighted by Crippen LogP contribution is -2.17. The van der Waals surface area contributed by atoms with E-state index in [2.05, 4.69) is 76.1 Å². The molecule has 0 aliphatic heterocycles. The summed E-state index contributed by atoms with van der Waals surface area (Å²) in [5.41, 5.74) is 9.03. The molecule has 0 aromatic heterocycles. The van der Waals surface area contributed by atoms with Crippen LogP contribution in [0.5, 0.6) is 0 Å². The molecular formula is C14H24Si2. The second-order valence-electron chi connectivity index (χ2n) is 6.38. The SMILES string of the molecule is CC(C)=C(C#C[Si](C)(C)C)C#C[Si](C)(C)C. The summed E-state index contributed by atoms with van der Waals surface area (Å²) >= 11 is 0. The zero-order valence-electron chi connectivity index (χ0n) is 12.0. The minimum Gasteiger partial charge on any atom is -0.126 e. The topological polar surface area (TPSA) is 0 Å². The maximum absolute atomic E-state index is 3.38. The Morgan fingerprint density at radius 3 is 1.19 bits per heavy atom. The van der Waals surface area contributed by atoms with E-state index in [1.807, 2.05) is 0 Å². The molecule has 0 N–H and O–H groups in total. The second kappa shape index (κ2) is 5.57. The van der Waals surface area contributed by atoms with E-state index in [-0.39, 0.29) is 0 Å². The predicted molar refractivity (Wildman–Crippen MR) is 80.6 cm³/mol. The average Bonchev–Trinajstić information content (AvgIpc) is 1.98. The highest BCUT2D eigenvalue weighted by atomic mass is 28.3. The molecule has 0 aliphatic rings. The monoisotopic (exact) mass is 248 g/mol. The molecule has 0 unspecified atom stereocenters. The molecule has 0 atom stereocenters. The molecule has 0 nitrogen and oxygen atoms in total. The molecule has 88 valence electrons. The average molecular weight is 249 g/mol. The van der Waals surface area contributed by atoms with Crippen molar-refractivity contribution in [1.82, 2.24) is 0 Å². The van der Waals surface area contributed by atoms with Crippen molar-refractivity contribution in [1.29, 1.82) is 0 Å². The molecule has 0 fully saturated rings. The zero-order chi connectivity index (χ0) is 13.0. The lowest BCUT2D eigenvalue weighted by Gasteiger charge is -2.05. The van der Waals surface area contributed by atoms with Gasteiger partial charge in [-0.05, 0) is 13.8 Å². The van der Waals surface area contributed by atoms with Gasteiger partial charge in [-0.15, -0.1) is 11.1 Å². The summed E-state index contributed by atoms with van der Waals surface area (Å²) in [7, 11) is -2.58. The van der Waals surface area contributed by atoms with Crippen LogP contribution < -0.4 is 0 Å². The van der Waals surface area contributed by atoms with Crippen LogP contribution in [0.4, 0.5) is 0 Å². The Labute approximate surface area is 104 Å². The first-order chi connectivity index (χ1) is 7.01. The fourth-order valence-corrected chi connectivity index (χ4v) is 1.78. The van der Waals surface area contributed by atoms with Gasteiger partial charge in [-0.3, -0.25) is 0 Å². The molecule has 0 radical (unpaired) electrons. The summed E-state index contributed by atoms with van der Waals surface area (Å²) in [5.74, 6) is 6.54. The number of hydrogen-bond acceptors (Lipinski definition) is 0. The lowest BCUT2D eigenvalue weighted by molar-refractivity contribution is 1.37. The van der Waals surface area contributed by atoms with Crippen molar-refractivity contribution in [3.05, 3.63) is 11.1 Å². The Bertz CT molecular complexity index is 354. The van der Waals surface area contributed by atoms with Crippen LogP contribution in [0.25, 0.3) is 0 Å². The zero-order valence-corrected chi connectivity index (χ0v) is 14.0. The van der Waals surface area contributed by atoms with E-state index in [0.717, 1.165) is 5.57 Å². The van der Waals surface area contributed by atoms with Crippen molar-refractivity contribution >= 4 is 16.1 Å². The molecule has 0 heterocycles. The normalized spacial score (nSPS) is 10.8. The maximum Gasteiger partial charge on any atom is 0.129 e. The van der Waals surface area contributed by atoms with E-state index >= 15 is 0 Å². The second-order valence-corrected chi connectivity index (χ2v) is 15.9.